The number of anilines is 1. The molecule has 2 bridgehead atoms. The number of aromatic nitrogens is 4. The first-order valence-corrected chi connectivity index (χ1v) is 11.3. The van der Waals surface area contributed by atoms with Gasteiger partial charge < -0.3 is 10.2 Å². The highest BCUT2D eigenvalue weighted by molar-refractivity contribution is 7.22. The topological polar surface area (TPSA) is 58.4 Å². The minimum absolute atomic E-state index is 0. The Hall–Kier alpha value is -2.29. The third-order valence-electron chi connectivity index (χ3n) is 6.47. The molecule has 2 fully saturated rings. The fraction of sp³-hybridized carbons (Fsp3) is 0.409. The maximum absolute atomic E-state index is 15.0. The van der Waals surface area contributed by atoms with Gasteiger partial charge >= 0.3 is 0 Å². The molecule has 6 nitrogen and oxygen atoms in total. The summed E-state index contributed by atoms with van der Waals surface area (Å²) in [7, 11) is 2.10. The Labute approximate surface area is 189 Å². The lowest BCUT2D eigenvalue weighted by atomic mass is 9.99. The molecule has 4 aromatic rings. The van der Waals surface area contributed by atoms with Gasteiger partial charge in [-0.3, -0.25) is 0 Å². The zero-order valence-corrected chi connectivity index (χ0v) is 19.0. The first-order valence-electron chi connectivity index (χ1n) is 10.5. The van der Waals surface area contributed by atoms with Gasteiger partial charge in [0.25, 0.3) is 0 Å². The number of hydrogen-bond donors (Lipinski definition) is 1. The van der Waals surface area contributed by atoms with Crippen LogP contribution in [-0.4, -0.2) is 44.8 Å². The summed E-state index contributed by atoms with van der Waals surface area (Å²) in [6, 6.07) is 9.02. The van der Waals surface area contributed by atoms with E-state index in [9.17, 15) is 4.39 Å². The second-order valence-electron chi connectivity index (χ2n) is 8.58. The predicted molar refractivity (Wildman–Crippen MR) is 125 cm³/mol. The molecule has 0 amide bonds. The van der Waals surface area contributed by atoms with Crippen LogP contribution in [0.4, 0.5) is 9.52 Å². The number of piperidine rings is 1. The van der Waals surface area contributed by atoms with Gasteiger partial charge in [-0.15, -0.1) is 12.4 Å². The van der Waals surface area contributed by atoms with Gasteiger partial charge in [-0.2, -0.15) is 5.10 Å². The summed E-state index contributed by atoms with van der Waals surface area (Å²) in [6.07, 6.45) is 6.66. The molecule has 2 atom stereocenters. The molecule has 9 heteroatoms. The number of aryl methyl sites for hydroxylation is 1. The van der Waals surface area contributed by atoms with E-state index in [1.54, 1.807) is 15.9 Å². The van der Waals surface area contributed by atoms with E-state index < -0.39 is 0 Å². The summed E-state index contributed by atoms with van der Waals surface area (Å²) in [5.74, 6) is -0.299. The lowest BCUT2D eigenvalue weighted by molar-refractivity contribution is 0.354. The standard InChI is InChI=1S/C22H23FN6S.ClH/c1-12-11-29-20(24-12)6-5-18(27-29)13-7-17(23)21-19(8-13)30-22(26-21)28(2)16-9-14-3-4-15(10-16)25-14;/h5-8,11,14-16,25H,3-4,9-10H2,1-2H3;1H. The summed E-state index contributed by atoms with van der Waals surface area (Å²) in [6.45, 7) is 1.93. The Morgan fingerprint density at radius 1 is 1.16 bits per heavy atom. The van der Waals surface area contributed by atoms with Crippen molar-refractivity contribution < 1.29 is 4.39 Å². The van der Waals surface area contributed by atoms with Crippen molar-refractivity contribution in [3.8, 4) is 11.3 Å². The number of rotatable bonds is 3. The Morgan fingerprint density at radius 3 is 2.71 bits per heavy atom. The molecule has 6 rings (SSSR count). The zero-order chi connectivity index (χ0) is 20.4. The van der Waals surface area contributed by atoms with E-state index in [1.165, 1.54) is 18.9 Å². The monoisotopic (exact) mass is 458 g/mol. The Bertz CT molecular complexity index is 1260. The number of fused-ring (bicyclic) bond motifs is 4. The van der Waals surface area contributed by atoms with E-state index in [0.717, 1.165) is 45.3 Å². The summed E-state index contributed by atoms with van der Waals surface area (Å²) in [5.41, 5.74) is 3.62. The zero-order valence-electron chi connectivity index (χ0n) is 17.4. The molecule has 31 heavy (non-hydrogen) atoms. The fourth-order valence-electron chi connectivity index (χ4n) is 4.93. The van der Waals surface area contributed by atoms with Crippen molar-refractivity contribution in [3.63, 3.8) is 0 Å². The second kappa shape index (κ2) is 7.69. The minimum atomic E-state index is -0.299. The number of thiazole rings is 1. The lowest BCUT2D eigenvalue weighted by Crippen LogP contribution is -2.47. The van der Waals surface area contributed by atoms with E-state index in [2.05, 4.69) is 32.3 Å². The number of nitrogens with zero attached hydrogens (tertiary/aromatic N) is 5. The average Bonchev–Trinajstić information content (AvgIpc) is 3.42. The number of nitrogens with one attached hydrogen (secondary N) is 1. The van der Waals surface area contributed by atoms with E-state index in [1.807, 2.05) is 31.3 Å². The van der Waals surface area contributed by atoms with Crippen LogP contribution < -0.4 is 10.2 Å². The summed E-state index contributed by atoms with van der Waals surface area (Å²) in [5, 5.41) is 9.18. The lowest BCUT2D eigenvalue weighted by Gasteiger charge is -2.35. The van der Waals surface area contributed by atoms with Crippen molar-refractivity contribution in [1.29, 1.82) is 0 Å². The first-order chi connectivity index (χ1) is 14.5. The SMILES string of the molecule is Cc1cn2nc(-c3cc(F)c4nc(N(C)C5CC6CCC(C5)N6)sc4c3)ccc2n1.Cl. The molecule has 3 aromatic heterocycles. The molecule has 0 spiro atoms. The molecular weight excluding hydrogens is 435 g/mol. The van der Waals surface area contributed by atoms with Crippen LogP contribution in [0.25, 0.3) is 27.1 Å². The van der Waals surface area contributed by atoms with Crippen LogP contribution in [0.3, 0.4) is 0 Å². The largest absolute Gasteiger partial charge is 0.348 e. The van der Waals surface area contributed by atoms with Gasteiger partial charge in [-0.1, -0.05) is 11.3 Å². The van der Waals surface area contributed by atoms with Crippen LogP contribution in [0.5, 0.6) is 0 Å². The maximum atomic E-state index is 15.0. The molecule has 0 radical (unpaired) electrons. The second-order valence-corrected chi connectivity index (χ2v) is 9.59. The maximum Gasteiger partial charge on any atom is 0.186 e. The van der Waals surface area contributed by atoms with Crippen molar-refractivity contribution in [3.05, 3.63) is 42.0 Å². The van der Waals surface area contributed by atoms with E-state index in [-0.39, 0.29) is 18.2 Å². The first kappa shape index (κ1) is 20.6. The molecular formula is C22H24ClFN6S. The highest BCUT2D eigenvalue weighted by atomic mass is 35.5. The molecule has 5 heterocycles. The third kappa shape index (κ3) is 3.56. The molecule has 0 aliphatic carbocycles. The average molecular weight is 459 g/mol. The number of benzene rings is 1. The summed E-state index contributed by atoms with van der Waals surface area (Å²) < 4.78 is 17.6. The van der Waals surface area contributed by atoms with Crippen molar-refractivity contribution in [1.82, 2.24) is 24.9 Å². The molecule has 2 aliphatic rings. The molecule has 2 unspecified atom stereocenters. The van der Waals surface area contributed by atoms with Gasteiger partial charge in [0.1, 0.15) is 5.52 Å². The molecule has 1 aromatic carbocycles. The van der Waals surface area contributed by atoms with Crippen molar-refractivity contribution in [2.24, 2.45) is 0 Å². The Balaban J connectivity index is 0.00000204. The van der Waals surface area contributed by atoms with E-state index >= 15 is 0 Å². The van der Waals surface area contributed by atoms with Gasteiger partial charge in [-0.25, -0.2) is 18.9 Å². The highest BCUT2D eigenvalue weighted by Crippen LogP contribution is 2.37. The molecule has 0 saturated carbocycles. The molecule has 2 aliphatic heterocycles. The molecule has 2 saturated heterocycles. The molecule has 1 N–H and O–H groups in total. The van der Waals surface area contributed by atoms with Crippen LogP contribution in [0.1, 0.15) is 31.4 Å². The summed E-state index contributed by atoms with van der Waals surface area (Å²) >= 11 is 1.56. The predicted octanol–water partition coefficient (Wildman–Crippen LogP) is 4.59. The van der Waals surface area contributed by atoms with Gasteiger partial charge in [0.05, 0.1) is 22.3 Å². The highest BCUT2D eigenvalue weighted by Gasteiger charge is 2.35. The quantitative estimate of drug-likeness (QED) is 0.486. The van der Waals surface area contributed by atoms with Crippen molar-refractivity contribution >= 4 is 44.7 Å². The number of hydrogen-bond acceptors (Lipinski definition) is 6. The smallest absolute Gasteiger partial charge is 0.186 e. The molecule has 162 valence electrons. The van der Waals surface area contributed by atoms with Gasteiger partial charge in [0.15, 0.2) is 16.6 Å². The Kier molecular flexibility index (Phi) is 5.11. The van der Waals surface area contributed by atoms with Gasteiger partial charge in [-0.05, 0) is 56.9 Å². The number of halogens is 2. The normalized spacial score (nSPS) is 22.7. The van der Waals surface area contributed by atoms with E-state index in [0.29, 0.717) is 23.6 Å². The van der Waals surface area contributed by atoms with E-state index in [4.69, 9.17) is 0 Å². The van der Waals surface area contributed by atoms with Crippen LogP contribution in [0, 0.1) is 12.7 Å². The van der Waals surface area contributed by atoms with Crippen molar-refractivity contribution in [2.45, 2.75) is 50.7 Å². The van der Waals surface area contributed by atoms with Crippen LogP contribution in [0.15, 0.2) is 30.5 Å². The third-order valence-corrected chi connectivity index (χ3v) is 7.56. The van der Waals surface area contributed by atoms with Crippen LogP contribution in [-0.2, 0) is 0 Å². The van der Waals surface area contributed by atoms with Gasteiger partial charge in [0, 0.05) is 30.7 Å². The van der Waals surface area contributed by atoms with Crippen LogP contribution >= 0.6 is 23.7 Å². The van der Waals surface area contributed by atoms with Gasteiger partial charge in [0.2, 0.25) is 0 Å². The van der Waals surface area contributed by atoms with Crippen molar-refractivity contribution in [2.75, 3.05) is 11.9 Å². The Morgan fingerprint density at radius 2 is 1.94 bits per heavy atom. The fourth-order valence-corrected chi connectivity index (χ4v) is 5.98. The van der Waals surface area contributed by atoms with Crippen LogP contribution in [0.2, 0.25) is 0 Å². The minimum Gasteiger partial charge on any atom is -0.348 e. The number of imidazole rings is 1. The summed E-state index contributed by atoms with van der Waals surface area (Å²) in [4.78, 5) is 11.3.